The molecule has 0 radical (unpaired) electrons. The van der Waals surface area contributed by atoms with Gasteiger partial charge in [0.25, 0.3) is 11.8 Å². The Labute approximate surface area is 178 Å². The first kappa shape index (κ1) is 20.4. The quantitative estimate of drug-likeness (QED) is 0.725. The summed E-state index contributed by atoms with van der Waals surface area (Å²) < 4.78 is 5.05. The maximum atomic E-state index is 13.6. The number of benzene rings is 1. The van der Waals surface area contributed by atoms with Gasteiger partial charge < -0.3 is 9.64 Å². The third-order valence-electron chi connectivity index (χ3n) is 5.43. The van der Waals surface area contributed by atoms with E-state index in [1.165, 1.54) is 16.2 Å². The van der Waals surface area contributed by atoms with Crippen molar-refractivity contribution in [3.05, 3.63) is 34.8 Å². The number of aromatic nitrogens is 2. The van der Waals surface area contributed by atoms with Crippen LogP contribution in [0.3, 0.4) is 0 Å². The van der Waals surface area contributed by atoms with Crippen molar-refractivity contribution < 1.29 is 19.1 Å². The molecule has 1 atom stereocenters. The Morgan fingerprint density at radius 1 is 1.30 bits per heavy atom. The lowest BCUT2D eigenvalue weighted by Crippen LogP contribution is -2.69. The van der Waals surface area contributed by atoms with Crippen LogP contribution >= 0.6 is 11.3 Å². The molecule has 0 aliphatic carbocycles. The molecule has 1 aromatic heterocycles. The van der Waals surface area contributed by atoms with E-state index < -0.39 is 11.6 Å². The second-order valence-corrected chi connectivity index (χ2v) is 8.32. The zero-order valence-electron chi connectivity index (χ0n) is 16.9. The number of ether oxygens (including phenoxy) is 1. The summed E-state index contributed by atoms with van der Waals surface area (Å²) in [6, 6.07) is 6.95. The SMILES string of the molecule is CCCCN1C(=O)c2ccccc2N2C(=O)CCC12C(=O)Nc1nnc(COC)s1. The minimum absolute atomic E-state index is 0.177. The number of hydrogen-bond donors (Lipinski definition) is 1. The minimum atomic E-state index is -1.41. The van der Waals surface area contributed by atoms with Crippen molar-refractivity contribution in [3.8, 4) is 0 Å². The average molecular weight is 430 g/mol. The van der Waals surface area contributed by atoms with Gasteiger partial charge in [0.2, 0.25) is 16.7 Å². The molecule has 1 aromatic carbocycles. The topological polar surface area (TPSA) is 105 Å². The standard InChI is InChI=1S/C20H23N5O4S/c1-3-4-11-24-17(27)13-7-5-6-8-14(13)25-16(26)9-10-20(24,25)18(28)21-19-23-22-15(30-19)12-29-2/h5-8H,3-4,9-12H2,1-2H3,(H,21,23,28). The van der Waals surface area contributed by atoms with Crippen molar-refractivity contribution in [2.24, 2.45) is 0 Å². The number of nitrogens with one attached hydrogen (secondary N) is 1. The van der Waals surface area contributed by atoms with Gasteiger partial charge >= 0.3 is 0 Å². The molecule has 1 N–H and O–H groups in total. The van der Waals surface area contributed by atoms with Crippen LogP contribution in [0.1, 0.15) is 48.0 Å². The van der Waals surface area contributed by atoms with E-state index >= 15 is 0 Å². The molecule has 10 heteroatoms. The molecule has 1 fully saturated rings. The highest BCUT2D eigenvalue weighted by Crippen LogP contribution is 2.45. The van der Waals surface area contributed by atoms with Gasteiger partial charge in [0.05, 0.1) is 11.3 Å². The summed E-state index contributed by atoms with van der Waals surface area (Å²) in [6.45, 7) is 2.69. The number of unbranched alkanes of at least 4 members (excludes halogenated alkanes) is 1. The summed E-state index contributed by atoms with van der Waals surface area (Å²) in [6.07, 6.45) is 1.99. The summed E-state index contributed by atoms with van der Waals surface area (Å²) in [4.78, 5) is 43.0. The number of anilines is 2. The highest BCUT2D eigenvalue weighted by molar-refractivity contribution is 7.15. The molecule has 30 heavy (non-hydrogen) atoms. The molecule has 9 nitrogen and oxygen atoms in total. The fourth-order valence-electron chi connectivity index (χ4n) is 4.09. The van der Waals surface area contributed by atoms with Crippen molar-refractivity contribution in [2.45, 2.75) is 44.9 Å². The van der Waals surface area contributed by atoms with Gasteiger partial charge in [0.15, 0.2) is 0 Å². The molecule has 3 amide bonds. The van der Waals surface area contributed by atoms with Crippen molar-refractivity contribution in [3.63, 3.8) is 0 Å². The monoisotopic (exact) mass is 429 g/mol. The van der Waals surface area contributed by atoms with Crippen molar-refractivity contribution in [1.82, 2.24) is 15.1 Å². The lowest BCUT2D eigenvalue weighted by Gasteiger charge is -2.49. The lowest BCUT2D eigenvalue weighted by molar-refractivity contribution is -0.129. The van der Waals surface area contributed by atoms with Gasteiger partial charge in [0.1, 0.15) is 11.6 Å². The maximum absolute atomic E-state index is 13.6. The molecule has 2 aromatic rings. The van der Waals surface area contributed by atoms with Gasteiger partial charge in [-0.15, -0.1) is 10.2 Å². The van der Waals surface area contributed by atoms with Gasteiger partial charge in [-0.3, -0.25) is 24.6 Å². The fourth-order valence-corrected chi connectivity index (χ4v) is 4.79. The Hall–Kier alpha value is -2.85. The molecule has 2 aliphatic rings. The Bertz CT molecular complexity index is 993. The number of rotatable bonds is 7. The van der Waals surface area contributed by atoms with E-state index in [9.17, 15) is 14.4 Å². The second kappa shape index (κ2) is 8.11. The van der Waals surface area contributed by atoms with Crippen LogP contribution in [0.5, 0.6) is 0 Å². The number of carbonyl (C=O) groups is 3. The summed E-state index contributed by atoms with van der Waals surface area (Å²) >= 11 is 1.20. The molecule has 4 rings (SSSR count). The zero-order chi connectivity index (χ0) is 21.3. The van der Waals surface area contributed by atoms with Gasteiger partial charge in [0, 0.05) is 26.5 Å². The molecule has 158 valence electrons. The van der Waals surface area contributed by atoms with Crippen LogP contribution in [0, 0.1) is 0 Å². The van der Waals surface area contributed by atoms with Crippen LogP contribution in [0.15, 0.2) is 24.3 Å². The summed E-state index contributed by atoms with van der Waals surface area (Å²) in [7, 11) is 1.55. The first-order chi connectivity index (χ1) is 14.5. The van der Waals surface area contributed by atoms with E-state index in [-0.39, 0.29) is 31.3 Å². The number of fused-ring (bicyclic) bond motifs is 3. The number of hydrogen-bond acceptors (Lipinski definition) is 7. The van der Waals surface area contributed by atoms with Crippen LogP contribution < -0.4 is 10.2 Å². The van der Waals surface area contributed by atoms with Crippen LogP contribution in [-0.4, -0.2) is 52.1 Å². The van der Waals surface area contributed by atoms with Crippen LogP contribution in [0.2, 0.25) is 0 Å². The van der Waals surface area contributed by atoms with E-state index in [1.807, 2.05) is 6.92 Å². The Kier molecular flexibility index (Phi) is 5.52. The van der Waals surface area contributed by atoms with Gasteiger partial charge in [-0.25, -0.2) is 0 Å². The van der Waals surface area contributed by atoms with Crippen LogP contribution in [0.25, 0.3) is 0 Å². The lowest BCUT2D eigenvalue weighted by atomic mass is 9.95. The molecular weight excluding hydrogens is 406 g/mol. The molecular formula is C20H23N5O4S. The first-order valence-corrected chi connectivity index (χ1v) is 10.7. The van der Waals surface area contributed by atoms with Crippen LogP contribution in [-0.2, 0) is 20.9 Å². The van der Waals surface area contributed by atoms with Gasteiger partial charge in [-0.2, -0.15) is 0 Å². The predicted molar refractivity (Wildman–Crippen MR) is 111 cm³/mol. The molecule has 0 bridgehead atoms. The van der Waals surface area contributed by atoms with Gasteiger partial charge in [-0.05, 0) is 18.6 Å². The van der Waals surface area contributed by atoms with E-state index in [0.29, 0.717) is 27.9 Å². The molecule has 1 unspecified atom stereocenters. The van der Waals surface area contributed by atoms with E-state index in [0.717, 1.165) is 12.8 Å². The highest BCUT2D eigenvalue weighted by Gasteiger charge is 2.60. The van der Waals surface area contributed by atoms with Crippen molar-refractivity contribution in [2.75, 3.05) is 23.9 Å². The average Bonchev–Trinajstić information content (AvgIpc) is 3.33. The summed E-state index contributed by atoms with van der Waals surface area (Å²) in [5.41, 5.74) is -0.499. The van der Waals surface area contributed by atoms with Gasteiger partial charge in [-0.1, -0.05) is 36.8 Å². The fraction of sp³-hybridized carbons (Fsp3) is 0.450. The maximum Gasteiger partial charge on any atom is 0.273 e. The predicted octanol–water partition coefficient (Wildman–Crippen LogP) is 2.40. The van der Waals surface area contributed by atoms with Crippen molar-refractivity contribution >= 4 is 39.9 Å². The smallest absolute Gasteiger partial charge is 0.273 e. The number of carbonyl (C=O) groups excluding carboxylic acids is 3. The second-order valence-electron chi connectivity index (χ2n) is 7.26. The number of amides is 3. The first-order valence-electron chi connectivity index (χ1n) is 9.89. The normalized spacial score (nSPS) is 20.3. The number of nitrogens with zero attached hydrogens (tertiary/aromatic N) is 4. The number of para-hydroxylation sites is 1. The van der Waals surface area contributed by atoms with Crippen LogP contribution in [0.4, 0.5) is 10.8 Å². The molecule has 0 saturated carbocycles. The molecule has 2 aliphatic heterocycles. The summed E-state index contributed by atoms with van der Waals surface area (Å²) in [5.74, 6) is -0.867. The molecule has 1 saturated heterocycles. The highest BCUT2D eigenvalue weighted by atomic mass is 32.1. The Balaban J connectivity index is 1.77. The van der Waals surface area contributed by atoms with Crippen molar-refractivity contribution in [1.29, 1.82) is 0 Å². The summed E-state index contributed by atoms with van der Waals surface area (Å²) in [5, 5.41) is 11.7. The molecule has 0 spiro atoms. The largest absolute Gasteiger partial charge is 0.377 e. The van der Waals surface area contributed by atoms with E-state index in [4.69, 9.17) is 4.74 Å². The Morgan fingerprint density at radius 2 is 2.10 bits per heavy atom. The Morgan fingerprint density at radius 3 is 2.87 bits per heavy atom. The van der Waals surface area contributed by atoms with E-state index in [2.05, 4.69) is 15.5 Å². The third kappa shape index (κ3) is 3.16. The number of methoxy groups -OCH3 is 1. The zero-order valence-corrected chi connectivity index (χ0v) is 17.7. The molecule has 3 heterocycles. The van der Waals surface area contributed by atoms with E-state index in [1.54, 1.807) is 36.3 Å². The third-order valence-corrected chi connectivity index (χ3v) is 6.24. The minimum Gasteiger partial charge on any atom is -0.377 e.